The molecule has 4 nitrogen and oxygen atoms in total. The molecule has 94 valence electrons. The van der Waals surface area contributed by atoms with E-state index in [1.165, 1.54) is 0 Å². The molecule has 0 bridgehead atoms. The van der Waals surface area contributed by atoms with Crippen molar-refractivity contribution in [2.24, 2.45) is 0 Å². The summed E-state index contributed by atoms with van der Waals surface area (Å²) < 4.78 is 11.2. The summed E-state index contributed by atoms with van der Waals surface area (Å²) in [4.78, 5) is 0. The number of hydrogen-bond donors (Lipinski definition) is 0. The SMILES string of the molecule is CC(C)Oc1cc(C#N)c(C#N)cc1OC(C)C. The zero-order chi connectivity index (χ0) is 13.7. The summed E-state index contributed by atoms with van der Waals surface area (Å²) in [5.74, 6) is 0.989. The van der Waals surface area contributed by atoms with Gasteiger partial charge < -0.3 is 9.47 Å². The Balaban J connectivity index is 3.28. The lowest BCUT2D eigenvalue weighted by molar-refractivity contribution is 0.198. The molecule has 0 aliphatic rings. The van der Waals surface area contributed by atoms with Gasteiger partial charge in [-0.25, -0.2) is 0 Å². The molecule has 0 unspecified atom stereocenters. The van der Waals surface area contributed by atoms with Crippen LogP contribution in [0.3, 0.4) is 0 Å². The summed E-state index contributed by atoms with van der Waals surface area (Å²) in [6, 6.07) is 7.07. The van der Waals surface area contributed by atoms with E-state index >= 15 is 0 Å². The zero-order valence-electron chi connectivity index (χ0n) is 11.0. The quantitative estimate of drug-likeness (QED) is 0.816. The van der Waals surface area contributed by atoms with Crippen LogP contribution in [-0.2, 0) is 0 Å². The number of nitriles is 2. The van der Waals surface area contributed by atoms with Crippen LogP contribution in [0.4, 0.5) is 0 Å². The first kappa shape index (κ1) is 13.9. The van der Waals surface area contributed by atoms with Crippen molar-refractivity contribution in [2.75, 3.05) is 0 Å². The second-order valence-corrected chi connectivity index (χ2v) is 4.40. The van der Waals surface area contributed by atoms with Crippen LogP contribution >= 0.6 is 0 Å². The third kappa shape index (κ3) is 3.40. The van der Waals surface area contributed by atoms with E-state index in [0.717, 1.165) is 0 Å². The molecule has 0 N–H and O–H groups in total. The summed E-state index contributed by atoms with van der Waals surface area (Å²) in [7, 11) is 0. The number of benzene rings is 1. The van der Waals surface area contributed by atoms with Gasteiger partial charge in [-0.1, -0.05) is 0 Å². The van der Waals surface area contributed by atoms with Crippen molar-refractivity contribution >= 4 is 0 Å². The van der Waals surface area contributed by atoms with Gasteiger partial charge in [-0.15, -0.1) is 0 Å². The van der Waals surface area contributed by atoms with Gasteiger partial charge in [-0.05, 0) is 27.7 Å². The molecule has 1 aromatic rings. The second kappa shape index (κ2) is 5.93. The maximum atomic E-state index is 8.98. The molecule has 18 heavy (non-hydrogen) atoms. The van der Waals surface area contributed by atoms with Crippen LogP contribution in [0.15, 0.2) is 12.1 Å². The first-order valence-corrected chi connectivity index (χ1v) is 5.79. The normalized spacial score (nSPS) is 10.0. The Morgan fingerprint density at radius 2 is 1.17 bits per heavy atom. The van der Waals surface area contributed by atoms with Crippen LogP contribution in [0.1, 0.15) is 38.8 Å². The van der Waals surface area contributed by atoms with Gasteiger partial charge in [0.2, 0.25) is 0 Å². The highest BCUT2D eigenvalue weighted by Gasteiger charge is 2.14. The average Bonchev–Trinajstić information content (AvgIpc) is 2.29. The lowest BCUT2D eigenvalue weighted by Gasteiger charge is -2.17. The minimum absolute atomic E-state index is 0.0287. The molecule has 0 aliphatic heterocycles. The highest BCUT2D eigenvalue weighted by Crippen LogP contribution is 2.32. The molecule has 1 rings (SSSR count). The molecule has 0 spiro atoms. The lowest BCUT2D eigenvalue weighted by Crippen LogP contribution is -2.11. The third-order valence-corrected chi connectivity index (χ3v) is 2.05. The maximum absolute atomic E-state index is 8.98. The second-order valence-electron chi connectivity index (χ2n) is 4.40. The van der Waals surface area contributed by atoms with Gasteiger partial charge in [0.05, 0.1) is 23.3 Å². The van der Waals surface area contributed by atoms with Gasteiger partial charge >= 0.3 is 0 Å². The summed E-state index contributed by atoms with van der Waals surface area (Å²) in [5, 5.41) is 18.0. The molecule has 0 amide bonds. The average molecular weight is 244 g/mol. The lowest BCUT2D eigenvalue weighted by atomic mass is 10.1. The number of nitrogens with zero attached hydrogens (tertiary/aromatic N) is 2. The predicted molar refractivity (Wildman–Crippen MR) is 67.4 cm³/mol. The summed E-state index contributed by atoms with van der Waals surface area (Å²) in [6.07, 6.45) is -0.0574. The number of ether oxygens (including phenoxy) is 2. The van der Waals surface area contributed by atoms with E-state index in [1.54, 1.807) is 12.1 Å². The van der Waals surface area contributed by atoms with Crippen LogP contribution in [0.25, 0.3) is 0 Å². The van der Waals surface area contributed by atoms with E-state index in [1.807, 2.05) is 39.8 Å². The molecule has 0 atom stereocenters. The first-order valence-electron chi connectivity index (χ1n) is 5.79. The van der Waals surface area contributed by atoms with Crippen molar-refractivity contribution < 1.29 is 9.47 Å². The molecule has 0 aromatic heterocycles. The van der Waals surface area contributed by atoms with Crippen LogP contribution in [0, 0.1) is 22.7 Å². The Morgan fingerprint density at radius 3 is 1.39 bits per heavy atom. The van der Waals surface area contributed by atoms with Crippen molar-refractivity contribution in [3.8, 4) is 23.6 Å². The van der Waals surface area contributed by atoms with Crippen molar-refractivity contribution in [3.63, 3.8) is 0 Å². The molecular formula is C14H16N2O2. The van der Waals surface area contributed by atoms with Gasteiger partial charge in [0.15, 0.2) is 11.5 Å². The molecule has 0 aliphatic carbocycles. The Morgan fingerprint density at radius 1 is 0.833 bits per heavy atom. The molecule has 4 heteroatoms. The molecule has 0 fully saturated rings. The minimum Gasteiger partial charge on any atom is -0.487 e. The van der Waals surface area contributed by atoms with E-state index < -0.39 is 0 Å². The Bertz CT molecular complexity index is 461. The van der Waals surface area contributed by atoms with Gasteiger partial charge in [-0.2, -0.15) is 10.5 Å². The van der Waals surface area contributed by atoms with Crippen LogP contribution in [0.2, 0.25) is 0 Å². The van der Waals surface area contributed by atoms with Crippen molar-refractivity contribution in [2.45, 2.75) is 39.9 Å². The molecule has 0 saturated carbocycles. The highest BCUT2D eigenvalue weighted by atomic mass is 16.5. The van der Waals surface area contributed by atoms with E-state index in [9.17, 15) is 0 Å². The monoisotopic (exact) mass is 244 g/mol. The highest BCUT2D eigenvalue weighted by molar-refractivity contribution is 5.56. The molecule has 1 aromatic carbocycles. The van der Waals surface area contributed by atoms with Gasteiger partial charge in [-0.3, -0.25) is 0 Å². The molecule has 0 heterocycles. The van der Waals surface area contributed by atoms with E-state index in [0.29, 0.717) is 22.6 Å². The predicted octanol–water partition coefficient (Wildman–Crippen LogP) is 3.00. The fraction of sp³-hybridized carbons (Fsp3) is 0.429. The number of hydrogen-bond acceptors (Lipinski definition) is 4. The molecule has 0 radical (unpaired) electrons. The van der Waals surface area contributed by atoms with E-state index in [-0.39, 0.29) is 12.2 Å². The topological polar surface area (TPSA) is 66.0 Å². The largest absolute Gasteiger partial charge is 0.487 e. The summed E-state index contributed by atoms with van der Waals surface area (Å²) in [6.45, 7) is 7.57. The first-order chi connectivity index (χ1) is 8.47. The van der Waals surface area contributed by atoms with Crippen molar-refractivity contribution in [3.05, 3.63) is 23.3 Å². The minimum atomic E-state index is -0.0287. The van der Waals surface area contributed by atoms with Crippen molar-refractivity contribution in [1.29, 1.82) is 10.5 Å². The van der Waals surface area contributed by atoms with E-state index in [4.69, 9.17) is 20.0 Å². The van der Waals surface area contributed by atoms with Crippen LogP contribution in [0.5, 0.6) is 11.5 Å². The fourth-order valence-corrected chi connectivity index (χ4v) is 1.44. The van der Waals surface area contributed by atoms with E-state index in [2.05, 4.69) is 0 Å². The fourth-order valence-electron chi connectivity index (χ4n) is 1.44. The van der Waals surface area contributed by atoms with Crippen LogP contribution in [-0.4, -0.2) is 12.2 Å². The number of rotatable bonds is 4. The maximum Gasteiger partial charge on any atom is 0.162 e. The zero-order valence-corrected chi connectivity index (χ0v) is 11.0. The Hall–Kier alpha value is -2.20. The summed E-state index contributed by atoms with van der Waals surface area (Å²) in [5.41, 5.74) is 0.591. The smallest absolute Gasteiger partial charge is 0.162 e. The Kier molecular flexibility index (Phi) is 4.57. The Labute approximate surface area is 107 Å². The third-order valence-electron chi connectivity index (χ3n) is 2.05. The summed E-state index contributed by atoms with van der Waals surface area (Å²) >= 11 is 0. The van der Waals surface area contributed by atoms with Gasteiger partial charge in [0.1, 0.15) is 12.1 Å². The molecule has 0 saturated heterocycles. The van der Waals surface area contributed by atoms with Gasteiger partial charge in [0.25, 0.3) is 0 Å². The molecular weight excluding hydrogens is 228 g/mol. The van der Waals surface area contributed by atoms with Crippen LogP contribution < -0.4 is 9.47 Å². The van der Waals surface area contributed by atoms with Gasteiger partial charge in [0, 0.05) is 12.1 Å². The van der Waals surface area contributed by atoms with Crippen molar-refractivity contribution in [1.82, 2.24) is 0 Å². The standard InChI is InChI=1S/C14H16N2O2/c1-9(2)17-13-5-11(7-15)12(8-16)6-14(13)18-10(3)4/h5-6,9-10H,1-4H3.